The van der Waals surface area contributed by atoms with Gasteiger partial charge in [0.15, 0.2) is 0 Å². The average molecular weight is 245 g/mol. The average Bonchev–Trinajstić information content (AvgIpc) is 2.28. The van der Waals surface area contributed by atoms with E-state index in [0.717, 1.165) is 12.8 Å². The van der Waals surface area contributed by atoms with Gasteiger partial charge in [-0.3, -0.25) is 0 Å². The van der Waals surface area contributed by atoms with Crippen molar-refractivity contribution < 1.29 is 0 Å². The molecule has 18 heavy (non-hydrogen) atoms. The number of nitrogens with two attached hydrogens (primary N) is 1. The Bertz CT molecular complexity index is 420. The van der Waals surface area contributed by atoms with Crippen LogP contribution in [0.25, 0.3) is 0 Å². The smallest absolute Gasteiger partial charge is 0.0412 e. The molecule has 1 nitrogen and oxygen atoms in total. The van der Waals surface area contributed by atoms with Crippen molar-refractivity contribution in [2.24, 2.45) is 5.73 Å². The highest BCUT2D eigenvalue weighted by atomic mass is 14.7. The lowest BCUT2D eigenvalue weighted by Crippen LogP contribution is -2.39. The fourth-order valence-corrected chi connectivity index (χ4v) is 3.08. The molecule has 0 radical (unpaired) electrons. The van der Waals surface area contributed by atoms with Crippen molar-refractivity contribution in [1.82, 2.24) is 0 Å². The Balaban J connectivity index is 2.43. The molecule has 1 fully saturated rings. The standard InChI is InChI=1S/C17H27N/c1-13-8-9-14(16(2,3)4)12-15(13)17(18)10-6-5-7-11-17/h8-9,12H,5-7,10-11,18H2,1-4H3. The molecule has 1 aliphatic carbocycles. The van der Waals surface area contributed by atoms with Crippen molar-refractivity contribution in [3.05, 3.63) is 34.9 Å². The van der Waals surface area contributed by atoms with E-state index in [1.54, 1.807) is 0 Å². The van der Waals surface area contributed by atoms with E-state index in [1.807, 2.05) is 0 Å². The topological polar surface area (TPSA) is 26.0 Å². The third kappa shape index (κ3) is 2.61. The van der Waals surface area contributed by atoms with Crippen LogP contribution in [0.2, 0.25) is 0 Å². The number of aryl methyl sites for hydroxylation is 1. The maximum atomic E-state index is 6.69. The molecule has 0 aliphatic heterocycles. The number of hydrogen-bond acceptors (Lipinski definition) is 1. The van der Waals surface area contributed by atoms with Gasteiger partial charge in [-0.1, -0.05) is 58.2 Å². The van der Waals surface area contributed by atoms with E-state index in [-0.39, 0.29) is 11.0 Å². The first-order chi connectivity index (χ1) is 8.33. The minimum absolute atomic E-state index is 0.0798. The summed E-state index contributed by atoms with van der Waals surface area (Å²) in [7, 11) is 0. The van der Waals surface area contributed by atoms with Crippen molar-refractivity contribution in [3.8, 4) is 0 Å². The van der Waals surface area contributed by atoms with E-state index < -0.39 is 0 Å². The summed E-state index contributed by atoms with van der Waals surface area (Å²) in [5.41, 5.74) is 11.0. The third-order valence-corrected chi connectivity index (χ3v) is 4.39. The Morgan fingerprint density at radius 2 is 1.67 bits per heavy atom. The highest BCUT2D eigenvalue weighted by molar-refractivity contribution is 5.39. The van der Waals surface area contributed by atoms with Crippen molar-refractivity contribution >= 4 is 0 Å². The van der Waals surface area contributed by atoms with Crippen molar-refractivity contribution in [2.75, 3.05) is 0 Å². The zero-order valence-corrected chi connectivity index (χ0v) is 12.3. The second-order valence-electron chi connectivity index (χ2n) is 7.00. The largest absolute Gasteiger partial charge is 0.321 e. The lowest BCUT2D eigenvalue weighted by Gasteiger charge is -2.36. The fraction of sp³-hybridized carbons (Fsp3) is 0.647. The minimum atomic E-state index is -0.0798. The van der Waals surface area contributed by atoms with Gasteiger partial charge in [-0.2, -0.15) is 0 Å². The van der Waals surface area contributed by atoms with Gasteiger partial charge in [0.2, 0.25) is 0 Å². The van der Waals surface area contributed by atoms with E-state index in [4.69, 9.17) is 5.73 Å². The van der Waals surface area contributed by atoms with Crippen LogP contribution in [-0.2, 0) is 11.0 Å². The SMILES string of the molecule is Cc1ccc(C(C)(C)C)cc1C1(N)CCCCC1. The molecular weight excluding hydrogens is 218 g/mol. The fourth-order valence-electron chi connectivity index (χ4n) is 3.08. The molecule has 100 valence electrons. The predicted octanol–water partition coefficient (Wildman–Crippen LogP) is 4.41. The zero-order chi connectivity index (χ0) is 13.4. The third-order valence-electron chi connectivity index (χ3n) is 4.39. The van der Waals surface area contributed by atoms with Crippen molar-refractivity contribution in [3.63, 3.8) is 0 Å². The normalized spacial score (nSPS) is 19.8. The molecule has 1 heteroatoms. The van der Waals surface area contributed by atoms with Crippen LogP contribution in [0.5, 0.6) is 0 Å². The maximum Gasteiger partial charge on any atom is 0.0412 e. The van der Waals surface area contributed by atoms with Crippen LogP contribution < -0.4 is 5.73 Å². The van der Waals surface area contributed by atoms with E-state index >= 15 is 0 Å². The quantitative estimate of drug-likeness (QED) is 0.779. The van der Waals surface area contributed by atoms with Crippen molar-refractivity contribution in [2.45, 2.75) is 70.8 Å². The van der Waals surface area contributed by atoms with Crippen LogP contribution in [0.3, 0.4) is 0 Å². The van der Waals surface area contributed by atoms with Crippen molar-refractivity contribution in [1.29, 1.82) is 0 Å². The second kappa shape index (κ2) is 4.70. The highest BCUT2D eigenvalue weighted by Crippen LogP contribution is 2.38. The molecule has 0 spiro atoms. The molecule has 2 N–H and O–H groups in total. The first kappa shape index (κ1) is 13.6. The van der Waals surface area contributed by atoms with E-state index in [1.165, 1.54) is 36.0 Å². The summed E-state index contributed by atoms with van der Waals surface area (Å²) in [6, 6.07) is 6.87. The van der Waals surface area contributed by atoms with Crippen LogP contribution in [0, 0.1) is 6.92 Å². The molecule has 0 atom stereocenters. The van der Waals surface area contributed by atoms with E-state index in [2.05, 4.69) is 45.9 Å². The molecule has 0 unspecified atom stereocenters. The summed E-state index contributed by atoms with van der Waals surface area (Å²) in [5, 5.41) is 0. The molecular formula is C17H27N. The molecule has 2 rings (SSSR count). The summed E-state index contributed by atoms with van der Waals surface area (Å²) in [6.45, 7) is 9.01. The number of rotatable bonds is 1. The summed E-state index contributed by atoms with van der Waals surface area (Å²) in [4.78, 5) is 0. The van der Waals surface area contributed by atoms with Gasteiger partial charge >= 0.3 is 0 Å². The van der Waals surface area contributed by atoms with Gasteiger partial charge < -0.3 is 5.73 Å². The lowest BCUT2D eigenvalue weighted by molar-refractivity contribution is 0.300. The molecule has 0 bridgehead atoms. The Morgan fingerprint density at radius 1 is 1.06 bits per heavy atom. The zero-order valence-electron chi connectivity index (χ0n) is 12.3. The molecule has 1 aromatic rings. The molecule has 0 amide bonds. The van der Waals surface area contributed by atoms with Crippen LogP contribution in [0.1, 0.15) is 69.6 Å². The predicted molar refractivity (Wildman–Crippen MR) is 78.8 cm³/mol. The summed E-state index contributed by atoms with van der Waals surface area (Å²) >= 11 is 0. The van der Waals surface area contributed by atoms with Gasteiger partial charge in [0.25, 0.3) is 0 Å². The first-order valence-electron chi connectivity index (χ1n) is 7.23. The second-order valence-corrected chi connectivity index (χ2v) is 7.00. The summed E-state index contributed by atoms with van der Waals surface area (Å²) in [6.07, 6.45) is 6.17. The van der Waals surface area contributed by atoms with Gasteiger partial charge in [-0.25, -0.2) is 0 Å². The summed E-state index contributed by atoms with van der Waals surface area (Å²) < 4.78 is 0. The Hall–Kier alpha value is -0.820. The maximum absolute atomic E-state index is 6.69. The van der Waals surface area contributed by atoms with Gasteiger partial charge in [0.1, 0.15) is 0 Å². The number of hydrogen-bond donors (Lipinski definition) is 1. The van der Waals surface area contributed by atoms with Gasteiger partial charge in [-0.05, 0) is 41.9 Å². The molecule has 1 aliphatic rings. The van der Waals surface area contributed by atoms with Gasteiger partial charge in [0.05, 0.1) is 0 Å². The van der Waals surface area contributed by atoms with Gasteiger partial charge in [-0.15, -0.1) is 0 Å². The van der Waals surface area contributed by atoms with Crippen LogP contribution in [0.15, 0.2) is 18.2 Å². The first-order valence-corrected chi connectivity index (χ1v) is 7.23. The summed E-state index contributed by atoms with van der Waals surface area (Å²) in [5.74, 6) is 0. The molecule has 0 saturated heterocycles. The Labute approximate surface area is 112 Å². The minimum Gasteiger partial charge on any atom is -0.321 e. The molecule has 1 aromatic carbocycles. The van der Waals surface area contributed by atoms with Gasteiger partial charge in [0, 0.05) is 5.54 Å². The van der Waals surface area contributed by atoms with Crippen LogP contribution >= 0.6 is 0 Å². The van der Waals surface area contributed by atoms with E-state index in [0.29, 0.717) is 0 Å². The Morgan fingerprint density at radius 3 is 2.22 bits per heavy atom. The lowest BCUT2D eigenvalue weighted by atomic mass is 9.74. The Kier molecular flexibility index (Phi) is 3.55. The van der Waals surface area contributed by atoms with E-state index in [9.17, 15) is 0 Å². The number of benzene rings is 1. The molecule has 0 aromatic heterocycles. The molecule has 1 saturated carbocycles. The van der Waals surface area contributed by atoms with Crippen LogP contribution in [-0.4, -0.2) is 0 Å². The molecule has 0 heterocycles. The monoisotopic (exact) mass is 245 g/mol. The highest BCUT2D eigenvalue weighted by Gasteiger charge is 2.31. The van der Waals surface area contributed by atoms with Crippen LogP contribution in [0.4, 0.5) is 0 Å².